The molecule has 51 heavy (non-hydrogen) atoms. The number of fused-ring (bicyclic) bond motifs is 9. The van der Waals surface area contributed by atoms with Gasteiger partial charge in [0.05, 0.1) is 16.7 Å². The van der Waals surface area contributed by atoms with Crippen molar-refractivity contribution in [2.45, 2.75) is 0 Å². The van der Waals surface area contributed by atoms with Gasteiger partial charge in [0.1, 0.15) is 17.2 Å². The Kier molecular flexibility index (Phi) is 6.01. The minimum absolute atomic E-state index is 0.00738. The largest absolute Gasteiger partial charge is 0.458 e. The minimum Gasteiger partial charge on any atom is -0.458 e. The van der Waals surface area contributed by atoms with E-state index in [-0.39, 0.29) is 6.71 Å². The molecule has 4 nitrogen and oxygen atoms in total. The third-order valence-electron chi connectivity index (χ3n) is 10.5. The fourth-order valence-electron chi connectivity index (χ4n) is 8.30. The summed E-state index contributed by atoms with van der Waals surface area (Å²) in [6.07, 6.45) is 0. The van der Waals surface area contributed by atoms with Crippen molar-refractivity contribution >= 4 is 72.7 Å². The van der Waals surface area contributed by atoms with Gasteiger partial charge < -0.3 is 18.9 Å². The Hall–Kier alpha value is -6.72. The number of aromatic nitrogens is 1. The lowest BCUT2D eigenvalue weighted by Crippen LogP contribution is -2.57. The number of rotatable bonds is 4. The predicted molar refractivity (Wildman–Crippen MR) is 211 cm³/mol. The van der Waals surface area contributed by atoms with E-state index in [2.05, 4.69) is 179 Å². The van der Waals surface area contributed by atoms with Crippen LogP contribution in [0.3, 0.4) is 0 Å². The molecule has 0 saturated carbocycles. The Bertz CT molecular complexity index is 2810. The average molecular weight is 653 g/mol. The summed E-state index contributed by atoms with van der Waals surface area (Å²) in [6, 6.07) is 62.3. The smallest absolute Gasteiger partial charge is 0.260 e. The van der Waals surface area contributed by atoms with Gasteiger partial charge in [-0.2, -0.15) is 0 Å². The van der Waals surface area contributed by atoms with Crippen molar-refractivity contribution in [3.63, 3.8) is 0 Å². The highest BCUT2D eigenvalue weighted by atomic mass is 16.5. The molecule has 0 N–H and O–H groups in total. The molecule has 2 aliphatic rings. The molecule has 0 fully saturated rings. The quantitative estimate of drug-likeness (QED) is 0.177. The van der Waals surface area contributed by atoms with Crippen molar-refractivity contribution < 1.29 is 9.47 Å². The number of benzene rings is 8. The van der Waals surface area contributed by atoms with Crippen LogP contribution in [-0.4, -0.2) is 11.3 Å². The molecule has 0 radical (unpaired) electrons. The van der Waals surface area contributed by atoms with Crippen LogP contribution in [0.1, 0.15) is 0 Å². The lowest BCUT2D eigenvalue weighted by Gasteiger charge is -2.33. The SMILES string of the molecule is c1ccc(N(c2ccc3c4cc5c6c(c4n(-c4ccccc4)c3c2)Oc2ccccc2B6c2ccccc2O5)c2cccc3ccccc23)cc1. The molecular weight excluding hydrogens is 623 g/mol. The number of hydrogen-bond donors (Lipinski definition) is 0. The van der Waals surface area contributed by atoms with Crippen molar-refractivity contribution in [1.29, 1.82) is 0 Å². The lowest BCUT2D eigenvalue weighted by atomic mass is 9.35. The highest BCUT2D eigenvalue weighted by molar-refractivity contribution is 6.98. The van der Waals surface area contributed by atoms with E-state index in [4.69, 9.17) is 9.47 Å². The maximum atomic E-state index is 7.00. The molecule has 3 heterocycles. The van der Waals surface area contributed by atoms with Crippen molar-refractivity contribution in [3.05, 3.63) is 176 Å². The van der Waals surface area contributed by atoms with Gasteiger partial charge in [-0.25, -0.2) is 0 Å². The molecule has 1 aromatic heterocycles. The van der Waals surface area contributed by atoms with Gasteiger partial charge in [0.25, 0.3) is 6.71 Å². The van der Waals surface area contributed by atoms with Crippen molar-refractivity contribution in [2.75, 3.05) is 4.90 Å². The Morgan fingerprint density at radius 1 is 0.471 bits per heavy atom. The van der Waals surface area contributed by atoms with Gasteiger partial charge in [-0.1, -0.05) is 115 Å². The van der Waals surface area contributed by atoms with Crippen molar-refractivity contribution in [2.24, 2.45) is 0 Å². The summed E-state index contributed by atoms with van der Waals surface area (Å²) in [7, 11) is 0. The Balaban J connectivity index is 1.23. The third-order valence-corrected chi connectivity index (χ3v) is 10.5. The van der Waals surface area contributed by atoms with Crippen molar-refractivity contribution in [3.8, 4) is 28.7 Å². The molecule has 0 spiro atoms. The number of anilines is 3. The van der Waals surface area contributed by atoms with E-state index in [1.165, 1.54) is 10.8 Å². The van der Waals surface area contributed by atoms with Gasteiger partial charge in [-0.15, -0.1) is 0 Å². The molecule has 0 bridgehead atoms. The molecule has 0 amide bonds. The van der Waals surface area contributed by atoms with E-state index in [0.717, 1.165) is 83.9 Å². The zero-order chi connectivity index (χ0) is 33.5. The standard InChI is InChI=1S/C46H29BN2O2/c1-3-16-31(17-4-1)48(39-23-13-15-30-14-7-8-20-34(30)39)33-26-27-35-36-29-43-44-46(45(36)49(40(35)28-33)32-18-5-2-6-19-32)51-42-25-12-10-22-38(42)47(44)37-21-9-11-24-41(37)50-43/h1-29H. The van der Waals surface area contributed by atoms with E-state index in [1.807, 2.05) is 6.07 Å². The maximum Gasteiger partial charge on any atom is 0.260 e. The van der Waals surface area contributed by atoms with Crippen molar-refractivity contribution in [1.82, 2.24) is 4.57 Å². The fourth-order valence-corrected chi connectivity index (χ4v) is 8.30. The van der Waals surface area contributed by atoms with Crippen LogP contribution in [0.5, 0.6) is 23.0 Å². The van der Waals surface area contributed by atoms with Crippen LogP contribution in [0.2, 0.25) is 0 Å². The number of nitrogens with zero attached hydrogens (tertiary/aromatic N) is 2. The first-order chi connectivity index (χ1) is 25.3. The first kappa shape index (κ1) is 28.2. The highest BCUT2D eigenvalue weighted by Crippen LogP contribution is 2.46. The Morgan fingerprint density at radius 3 is 1.94 bits per heavy atom. The second kappa shape index (κ2) is 10.9. The summed E-state index contributed by atoms with van der Waals surface area (Å²) in [5, 5.41) is 4.61. The van der Waals surface area contributed by atoms with E-state index in [1.54, 1.807) is 0 Å². The van der Waals surface area contributed by atoms with Crippen LogP contribution < -0.4 is 30.8 Å². The van der Waals surface area contributed by atoms with Gasteiger partial charge in [0, 0.05) is 38.7 Å². The normalized spacial score (nSPS) is 12.6. The predicted octanol–water partition coefficient (Wildman–Crippen LogP) is 10.1. The number of hydrogen-bond acceptors (Lipinski definition) is 3. The van der Waals surface area contributed by atoms with E-state index < -0.39 is 0 Å². The second-order valence-corrected chi connectivity index (χ2v) is 13.3. The molecule has 8 aromatic carbocycles. The van der Waals surface area contributed by atoms with Crippen LogP contribution >= 0.6 is 0 Å². The Morgan fingerprint density at radius 2 is 1.14 bits per heavy atom. The zero-order valence-corrected chi connectivity index (χ0v) is 27.5. The summed E-state index contributed by atoms with van der Waals surface area (Å²) >= 11 is 0. The van der Waals surface area contributed by atoms with Gasteiger partial charge in [0.15, 0.2) is 5.75 Å². The first-order valence-electron chi connectivity index (χ1n) is 17.4. The molecule has 0 aliphatic carbocycles. The second-order valence-electron chi connectivity index (χ2n) is 13.3. The molecule has 0 unspecified atom stereocenters. The lowest BCUT2D eigenvalue weighted by molar-refractivity contribution is 0.467. The monoisotopic (exact) mass is 652 g/mol. The number of para-hydroxylation sites is 4. The molecule has 238 valence electrons. The third kappa shape index (κ3) is 4.15. The van der Waals surface area contributed by atoms with Crippen LogP contribution in [0.25, 0.3) is 38.3 Å². The fraction of sp³-hybridized carbons (Fsp3) is 0. The van der Waals surface area contributed by atoms with Crippen LogP contribution in [0, 0.1) is 0 Å². The topological polar surface area (TPSA) is 26.6 Å². The van der Waals surface area contributed by atoms with Gasteiger partial charge >= 0.3 is 0 Å². The van der Waals surface area contributed by atoms with E-state index >= 15 is 0 Å². The first-order valence-corrected chi connectivity index (χ1v) is 17.4. The molecule has 2 aliphatic heterocycles. The number of ether oxygens (including phenoxy) is 2. The summed E-state index contributed by atoms with van der Waals surface area (Å²) in [4.78, 5) is 2.37. The molecule has 11 rings (SSSR count). The maximum absolute atomic E-state index is 7.00. The van der Waals surface area contributed by atoms with Crippen LogP contribution in [-0.2, 0) is 0 Å². The van der Waals surface area contributed by atoms with Gasteiger partial charge in [0.2, 0.25) is 0 Å². The summed E-state index contributed by atoms with van der Waals surface area (Å²) in [6.45, 7) is -0.00738. The van der Waals surface area contributed by atoms with Crippen LogP contribution in [0.4, 0.5) is 17.1 Å². The minimum atomic E-state index is -0.00738. The molecule has 9 aromatic rings. The molecule has 5 heteroatoms. The summed E-state index contributed by atoms with van der Waals surface area (Å²) < 4.78 is 16.1. The average Bonchev–Trinajstić information content (AvgIpc) is 3.52. The Labute approximate surface area is 295 Å². The molecule has 0 saturated heterocycles. The highest BCUT2D eigenvalue weighted by Gasteiger charge is 2.42. The van der Waals surface area contributed by atoms with Gasteiger partial charge in [-0.3, -0.25) is 0 Å². The summed E-state index contributed by atoms with van der Waals surface area (Å²) in [5.41, 5.74) is 9.85. The van der Waals surface area contributed by atoms with E-state index in [9.17, 15) is 0 Å². The molecule has 0 atom stereocenters. The van der Waals surface area contributed by atoms with Crippen LogP contribution in [0.15, 0.2) is 176 Å². The van der Waals surface area contributed by atoms with E-state index in [0.29, 0.717) is 0 Å². The zero-order valence-electron chi connectivity index (χ0n) is 27.5. The van der Waals surface area contributed by atoms with Gasteiger partial charge in [-0.05, 0) is 77.0 Å². The molecular formula is C46H29BN2O2. The summed E-state index contributed by atoms with van der Waals surface area (Å²) in [5.74, 6) is 3.45.